The molecule has 0 radical (unpaired) electrons. The summed E-state index contributed by atoms with van der Waals surface area (Å²) in [5.74, 6) is 0. The van der Waals surface area contributed by atoms with Gasteiger partial charge in [-0.05, 0) is 120 Å². The Kier molecular flexibility index (Phi) is 7.26. The smallest absolute Gasteiger partial charge is 0.0726 e. The molecule has 0 N–H and O–H groups in total. The van der Waals surface area contributed by atoms with Crippen LogP contribution < -0.4 is 4.90 Å². The normalized spacial score (nSPS) is 14.2. The third-order valence-electron chi connectivity index (χ3n) is 13.5. The van der Waals surface area contributed by atoms with E-state index in [-0.39, 0.29) is 5.41 Å². The number of fused-ring (bicyclic) bond motifs is 13. The van der Waals surface area contributed by atoms with Gasteiger partial charge in [-0.15, -0.1) is 0 Å². The molecule has 59 heavy (non-hydrogen) atoms. The third kappa shape index (κ3) is 4.73. The van der Waals surface area contributed by atoms with Crippen molar-refractivity contribution in [3.8, 4) is 55.6 Å². The van der Waals surface area contributed by atoms with Crippen LogP contribution in [-0.2, 0) is 10.8 Å². The van der Waals surface area contributed by atoms with Crippen molar-refractivity contribution in [3.05, 3.63) is 246 Å². The van der Waals surface area contributed by atoms with Crippen molar-refractivity contribution in [1.82, 2.24) is 0 Å². The Morgan fingerprint density at radius 1 is 0.305 bits per heavy atom. The minimum Gasteiger partial charge on any atom is -0.310 e. The maximum atomic E-state index is 2.56. The molecule has 0 heterocycles. The number of benzene rings is 9. The highest BCUT2D eigenvalue weighted by Gasteiger charge is 2.52. The van der Waals surface area contributed by atoms with Gasteiger partial charge in [0.2, 0.25) is 0 Å². The zero-order valence-corrected chi connectivity index (χ0v) is 33.2. The van der Waals surface area contributed by atoms with Gasteiger partial charge in [0.25, 0.3) is 0 Å². The van der Waals surface area contributed by atoms with Crippen LogP contribution in [0.25, 0.3) is 55.6 Å². The van der Waals surface area contributed by atoms with Crippen molar-refractivity contribution < 1.29 is 0 Å². The van der Waals surface area contributed by atoms with Crippen LogP contribution in [0.2, 0.25) is 0 Å². The third-order valence-corrected chi connectivity index (χ3v) is 13.5. The molecule has 0 fully saturated rings. The second-order valence-electron chi connectivity index (χ2n) is 16.8. The summed E-state index contributed by atoms with van der Waals surface area (Å²) < 4.78 is 0. The van der Waals surface area contributed by atoms with Gasteiger partial charge in [0.1, 0.15) is 0 Å². The van der Waals surface area contributed by atoms with E-state index in [2.05, 4.69) is 231 Å². The topological polar surface area (TPSA) is 3.24 Å². The number of anilines is 3. The van der Waals surface area contributed by atoms with Gasteiger partial charge in [0, 0.05) is 22.4 Å². The molecule has 0 aliphatic heterocycles. The van der Waals surface area contributed by atoms with Crippen LogP contribution in [0.5, 0.6) is 0 Å². The van der Waals surface area contributed by atoms with Gasteiger partial charge in [0.05, 0.1) is 11.1 Å². The van der Waals surface area contributed by atoms with E-state index < -0.39 is 5.41 Å². The lowest BCUT2D eigenvalue weighted by Gasteiger charge is -2.32. The summed E-state index contributed by atoms with van der Waals surface area (Å²) in [4.78, 5) is 2.56. The molecule has 3 aliphatic rings. The number of hydrogen-bond acceptors (Lipinski definition) is 1. The van der Waals surface area contributed by atoms with Crippen molar-refractivity contribution in [2.75, 3.05) is 4.90 Å². The van der Waals surface area contributed by atoms with Crippen LogP contribution >= 0.6 is 0 Å². The molecule has 278 valence electrons. The first kappa shape index (κ1) is 33.9. The molecule has 12 rings (SSSR count). The molecule has 1 spiro atoms. The van der Waals surface area contributed by atoms with E-state index in [1.165, 1.54) is 94.7 Å². The van der Waals surface area contributed by atoms with Crippen molar-refractivity contribution >= 4 is 17.1 Å². The van der Waals surface area contributed by atoms with Gasteiger partial charge in [0.15, 0.2) is 0 Å². The molecule has 9 aromatic carbocycles. The van der Waals surface area contributed by atoms with Gasteiger partial charge >= 0.3 is 0 Å². The lowest BCUT2D eigenvalue weighted by molar-refractivity contribution is 0.660. The lowest BCUT2D eigenvalue weighted by atomic mass is 9.70. The highest BCUT2D eigenvalue weighted by atomic mass is 15.1. The van der Waals surface area contributed by atoms with Crippen LogP contribution in [0.3, 0.4) is 0 Å². The van der Waals surface area contributed by atoms with Crippen LogP contribution in [0.1, 0.15) is 47.2 Å². The fourth-order valence-corrected chi connectivity index (χ4v) is 10.9. The Hall–Kier alpha value is -7.22. The predicted octanol–water partition coefficient (Wildman–Crippen LogP) is 15.1. The minimum absolute atomic E-state index is 0.152. The molecule has 0 saturated carbocycles. The van der Waals surface area contributed by atoms with Gasteiger partial charge in [-0.1, -0.05) is 190 Å². The first-order chi connectivity index (χ1) is 29.0. The summed E-state index contributed by atoms with van der Waals surface area (Å²) in [6.07, 6.45) is 0. The monoisotopic (exact) mass is 751 g/mol. The summed E-state index contributed by atoms with van der Waals surface area (Å²) in [6, 6.07) is 79.3. The highest BCUT2D eigenvalue weighted by molar-refractivity contribution is 6.02. The van der Waals surface area contributed by atoms with E-state index in [9.17, 15) is 0 Å². The van der Waals surface area contributed by atoms with E-state index in [0.717, 1.165) is 11.4 Å². The molecule has 9 aromatic rings. The second-order valence-corrected chi connectivity index (χ2v) is 16.8. The van der Waals surface area contributed by atoms with E-state index in [0.29, 0.717) is 0 Å². The van der Waals surface area contributed by atoms with Gasteiger partial charge in [-0.2, -0.15) is 0 Å². The van der Waals surface area contributed by atoms with Crippen molar-refractivity contribution in [2.24, 2.45) is 0 Å². The molecule has 3 aliphatic carbocycles. The Morgan fingerprint density at radius 2 is 0.763 bits per heavy atom. The zero-order valence-electron chi connectivity index (χ0n) is 33.2. The minimum atomic E-state index is -0.441. The highest BCUT2D eigenvalue weighted by Crippen LogP contribution is 2.65. The molecule has 1 nitrogen and oxygen atoms in total. The summed E-state index contributed by atoms with van der Waals surface area (Å²) >= 11 is 0. The largest absolute Gasteiger partial charge is 0.310 e. The van der Waals surface area contributed by atoms with Crippen LogP contribution in [0, 0.1) is 0 Å². The van der Waals surface area contributed by atoms with Crippen molar-refractivity contribution in [2.45, 2.75) is 24.7 Å². The maximum absolute atomic E-state index is 2.56. The second kappa shape index (κ2) is 12.6. The molecule has 0 bridgehead atoms. The number of nitrogens with zero attached hydrogens (tertiary/aromatic N) is 1. The molecule has 0 atom stereocenters. The lowest BCUT2D eigenvalue weighted by Crippen LogP contribution is -2.26. The van der Waals surface area contributed by atoms with Crippen LogP contribution in [0.4, 0.5) is 17.1 Å². The Labute approximate surface area is 346 Å². The average Bonchev–Trinajstić information content (AvgIpc) is 3.86. The van der Waals surface area contributed by atoms with Gasteiger partial charge in [-0.3, -0.25) is 0 Å². The fraction of sp³-hybridized carbons (Fsp3) is 0.0690. The molecule has 0 aromatic heterocycles. The van der Waals surface area contributed by atoms with Crippen LogP contribution in [0.15, 0.2) is 212 Å². The molecular formula is C58H41N. The molecule has 0 amide bonds. The molecule has 1 heteroatoms. The van der Waals surface area contributed by atoms with Gasteiger partial charge < -0.3 is 4.90 Å². The standard InChI is InChI=1S/C58H41N/c1-57(2)49-26-13-9-22-44(49)47-33-32-42(37-54(47)57)59(43-35-40(38-18-5-3-6-19-38)34-41(36-43)39-20-7-4-8-21-39)55-31-17-30-53-56(55)48-25-12-16-29-52(48)58(53)50-27-14-10-23-45(50)46-24-11-15-28-51(46)58/h3-37H,1-2H3. The van der Waals surface area contributed by atoms with E-state index in [1.54, 1.807) is 0 Å². The molecular weight excluding hydrogens is 711 g/mol. The van der Waals surface area contributed by atoms with Crippen molar-refractivity contribution in [1.29, 1.82) is 0 Å². The van der Waals surface area contributed by atoms with E-state index in [4.69, 9.17) is 0 Å². The molecule has 0 saturated heterocycles. The van der Waals surface area contributed by atoms with E-state index in [1.807, 2.05) is 0 Å². The zero-order chi connectivity index (χ0) is 39.3. The Balaban J connectivity index is 1.18. The Bertz CT molecular complexity index is 3030. The first-order valence-corrected chi connectivity index (χ1v) is 20.8. The quantitative estimate of drug-likeness (QED) is 0.169. The van der Waals surface area contributed by atoms with E-state index >= 15 is 0 Å². The first-order valence-electron chi connectivity index (χ1n) is 20.8. The number of rotatable bonds is 5. The average molecular weight is 752 g/mol. The van der Waals surface area contributed by atoms with Crippen LogP contribution in [-0.4, -0.2) is 0 Å². The fourth-order valence-electron chi connectivity index (χ4n) is 10.9. The summed E-state index contributed by atoms with van der Waals surface area (Å²) in [7, 11) is 0. The van der Waals surface area contributed by atoms with Gasteiger partial charge in [-0.25, -0.2) is 0 Å². The predicted molar refractivity (Wildman–Crippen MR) is 246 cm³/mol. The number of hydrogen-bond donors (Lipinski definition) is 0. The summed E-state index contributed by atoms with van der Waals surface area (Å²) in [5, 5.41) is 0. The summed E-state index contributed by atoms with van der Waals surface area (Å²) in [5.41, 5.74) is 23.6. The SMILES string of the molecule is CC1(C)c2ccccc2-c2ccc(N(c3cc(-c4ccccc4)cc(-c4ccccc4)c3)c3cccc4c3-c3ccccc3C43c4ccccc4-c4ccccc43)cc21. The van der Waals surface area contributed by atoms with Crippen molar-refractivity contribution in [3.63, 3.8) is 0 Å². The Morgan fingerprint density at radius 3 is 1.36 bits per heavy atom. The molecule has 0 unspecified atom stereocenters. The summed E-state index contributed by atoms with van der Waals surface area (Å²) in [6.45, 7) is 4.76. The maximum Gasteiger partial charge on any atom is 0.0726 e.